The molecule has 5 nitrogen and oxygen atoms in total. The Labute approximate surface area is 122 Å². The summed E-state index contributed by atoms with van der Waals surface area (Å²) in [4.78, 5) is 11.9. The third kappa shape index (κ3) is 4.52. The summed E-state index contributed by atoms with van der Waals surface area (Å²) in [5.41, 5.74) is 0.461. The Balaban J connectivity index is 2.07. The first kappa shape index (κ1) is 14.9. The summed E-state index contributed by atoms with van der Waals surface area (Å²) >= 11 is 0. The molecule has 0 fully saturated rings. The van der Waals surface area contributed by atoms with E-state index in [1.165, 1.54) is 12.1 Å². The lowest BCUT2D eigenvalue weighted by Crippen LogP contribution is -2.41. The first-order chi connectivity index (χ1) is 9.83. The van der Waals surface area contributed by atoms with Gasteiger partial charge in [0.15, 0.2) is 11.5 Å². The monoisotopic (exact) mass is 288 g/mol. The number of anilines is 2. The van der Waals surface area contributed by atoms with E-state index in [1.54, 1.807) is 24.3 Å². The summed E-state index contributed by atoms with van der Waals surface area (Å²) in [6.07, 6.45) is 0. The van der Waals surface area contributed by atoms with E-state index in [9.17, 15) is 9.18 Å². The fourth-order valence-corrected chi connectivity index (χ4v) is 1.64. The Kier molecular flexibility index (Phi) is 4.16. The molecule has 0 aliphatic rings. The molecule has 0 saturated carbocycles. The van der Waals surface area contributed by atoms with E-state index in [0.29, 0.717) is 11.5 Å². The van der Waals surface area contributed by atoms with Gasteiger partial charge in [-0.25, -0.2) is 4.39 Å². The molecular weight excluding hydrogens is 271 g/mol. The van der Waals surface area contributed by atoms with Crippen molar-refractivity contribution < 1.29 is 9.18 Å². The Morgan fingerprint density at radius 2 is 1.90 bits per heavy atom. The lowest BCUT2D eigenvalue weighted by atomic mass is 10.1. The zero-order valence-corrected chi connectivity index (χ0v) is 12.1. The van der Waals surface area contributed by atoms with Crippen LogP contribution in [0.3, 0.4) is 0 Å². The summed E-state index contributed by atoms with van der Waals surface area (Å²) in [5, 5.41) is 13.5. The van der Waals surface area contributed by atoms with E-state index in [1.807, 2.05) is 20.8 Å². The van der Waals surface area contributed by atoms with Crippen molar-refractivity contribution in [3.63, 3.8) is 0 Å². The molecule has 0 spiro atoms. The van der Waals surface area contributed by atoms with E-state index in [-0.39, 0.29) is 23.0 Å². The third-order valence-corrected chi connectivity index (χ3v) is 2.48. The zero-order chi connectivity index (χ0) is 15.5. The topological polar surface area (TPSA) is 66.9 Å². The van der Waals surface area contributed by atoms with Crippen molar-refractivity contribution >= 4 is 17.4 Å². The largest absolute Gasteiger partial charge is 0.346 e. The minimum atomic E-state index is -0.339. The van der Waals surface area contributed by atoms with Gasteiger partial charge in [0, 0.05) is 11.2 Å². The molecule has 0 radical (unpaired) electrons. The van der Waals surface area contributed by atoms with Gasteiger partial charge in [-0.1, -0.05) is 6.07 Å². The van der Waals surface area contributed by atoms with Gasteiger partial charge >= 0.3 is 0 Å². The van der Waals surface area contributed by atoms with Crippen molar-refractivity contribution in [1.82, 2.24) is 15.5 Å². The van der Waals surface area contributed by atoms with Gasteiger partial charge in [0.05, 0.1) is 0 Å². The van der Waals surface area contributed by atoms with Gasteiger partial charge in [-0.15, -0.1) is 10.2 Å². The molecule has 1 aromatic carbocycles. The van der Waals surface area contributed by atoms with Crippen molar-refractivity contribution in [3.05, 3.63) is 47.9 Å². The number of halogens is 1. The van der Waals surface area contributed by atoms with Gasteiger partial charge in [0.1, 0.15) is 5.82 Å². The molecule has 2 N–H and O–H groups in total. The Bertz CT molecular complexity index is 635. The van der Waals surface area contributed by atoms with Crippen molar-refractivity contribution in [3.8, 4) is 0 Å². The molecule has 6 heteroatoms. The highest BCUT2D eigenvalue weighted by Crippen LogP contribution is 2.15. The number of nitrogens with zero attached hydrogens (tertiary/aromatic N) is 2. The summed E-state index contributed by atoms with van der Waals surface area (Å²) < 4.78 is 13.1. The number of carbonyl (C=O) groups excluding carboxylic acids is 1. The van der Waals surface area contributed by atoms with E-state index in [4.69, 9.17) is 0 Å². The predicted octanol–water partition coefficient (Wildman–Crippen LogP) is 2.89. The Morgan fingerprint density at radius 1 is 1.14 bits per heavy atom. The first-order valence-electron chi connectivity index (χ1n) is 6.52. The standard InChI is InChI=1S/C15H17FN4O/c1-15(2,3)18-14(21)12-7-8-13(20-19-12)17-11-6-4-5-10(16)9-11/h4-9H,1-3H3,(H,17,20)(H,18,21). The highest BCUT2D eigenvalue weighted by atomic mass is 19.1. The predicted molar refractivity (Wildman–Crippen MR) is 78.9 cm³/mol. The van der Waals surface area contributed by atoms with Gasteiger partial charge in [0.25, 0.3) is 5.91 Å². The Hall–Kier alpha value is -2.50. The van der Waals surface area contributed by atoms with Crippen LogP contribution in [0.15, 0.2) is 36.4 Å². The molecule has 1 amide bonds. The maximum absolute atomic E-state index is 13.1. The molecule has 110 valence electrons. The molecule has 1 heterocycles. The second-order valence-corrected chi connectivity index (χ2v) is 5.64. The second kappa shape index (κ2) is 5.87. The zero-order valence-electron chi connectivity index (χ0n) is 12.1. The van der Waals surface area contributed by atoms with Crippen molar-refractivity contribution in [2.75, 3.05) is 5.32 Å². The second-order valence-electron chi connectivity index (χ2n) is 5.64. The molecule has 0 aliphatic carbocycles. The summed E-state index contributed by atoms with van der Waals surface area (Å²) in [6, 6.07) is 9.20. The smallest absolute Gasteiger partial charge is 0.272 e. The minimum Gasteiger partial charge on any atom is -0.346 e. The van der Waals surface area contributed by atoms with Gasteiger partial charge in [-0.2, -0.15) is 0 Å². The average molecular weight is 288 g/mol. The van der Waals surface area contributed by atoms with E-state index < -0.39 is 0 Å². The van der Waals surface area contributed by atoms with Crippen LogP contribution in [0.1, 0.15) is 31.3 Å². The number of rotatable bonds is 3. The highest BCUT2D eigenvalue weighted by Gasteiger charge is 2.16. The lowest BCUT2D eigenvalue weighted by Gasteiger charge is -2.19. The normalized spacial score (nSPS) is 11.0. The van der Waals surface area contributed by atoms with Crippen LogP contribution in [0.4, 0.5) is 15.9 Å². The Morgan fingerprint density at radius 3 is 2.48 bits per heavy atom. The van der Waals surface area contributed by atoms with Crippen LogP contribution in [0.5, 0.6) is 0 Å². The molecule has 0 saturated heterocycles. The molecular formula is C15H17FN4O. The number of hydrogen-bond donors (Lipinski definition) is 2. The van der Waals surface area contributed by atoms with E-state index >= 15 is 0 Å². The summed E-state index contributed by atoms with van der Waals surface area (Å²) in [5.74, 6) is -0.186. The van der Waals surface area contributed by atoms with Crippen molar-refractivity contribution in [2.45, 2.75) is 26.3 Å². The van der Waals surface area contributed by atoms with Crippen LogP contribution in [-0.2, 0) is 0 Å². The molecule has 0 atom stereocenters. The average Bonchev–Trinajstić information content (AvgIpc) is 2.37. The van der Waals surface area contributed by atoms with Crippen LogP contribution in [-0.4, -0.2) is 21.6 Å². The molecule has 0 unspecified atom stereocenters. The van der Waals surface area contributed by atoms with E-state index in [0.717, 1.165) is 0 Å². The van der Waals surface area contributed by atoms with E-state index in [2.05, 4.69) is 20.8 Å². The van der Waals surface area contributed by atoms with Crippen LogP contribution >= 0.6 is 0 Å². The fraction of sp³-hybridized carbons (Fsp3) is 0.267. The number of carbonyl (C=O) groups is 1. The maximum atomic E-state index is 13.1. The van der Waals surface area contributed by atoms with Crippen LogP contribution in [0.25, 0.3) is 0 Å². The number of amides is 1. The SMILES string of the molecule is CC(C)(C)NC(=O)c1ccc(Nc2cccc(F)c2)nn1. The van der Waals surface area contributed by atoms with Gasteiger partial charge in [-0.3, -0.25) is 4.79 Å². The molecule has 0 aliphatic heterocycles. The highest BCUT2D eigenvalue weighted by molar-refractivity contribution is 5.92. The maximum Gasteiger partial charge on any atom is 0.272 e. The molecule has 21 heavy (non-hydrogen) atoms. The quantitative estimate of drug-likeness (QED) is 0.911. The molecule has 0 bridgehead atoms. The van der Waals surface area contributed by atoms with Gasteiger partial charge in [-0.05, 0) is 51.1 Å². The first-order valence-corrected chi connectivity index (χ1v) is 6.52. The van der Waals surface area contributed by atoms with Crippen molar-refractivity contribution in [2.24, 2.45) is 0 Å². The summed E-state index contributed by atoms with van der Waals surface area (Å²) in [7, 11) is 0. The summed E-state index contributed by atoms with van der Waals surface area (Å²) in [6.45, 7) is 5.66. The molecule has 2 aromatic rings. The number of hydrogen-bond acceptors (Lipinski definition) is 4. The molecule has 2 rings (SSSR count). The van der Waals surface area contributed by atoms with Crippen LogP contribution in [0, 0.1) is 5.82 Å². The minimum absolute atomic E-state index is 0.231. The molecule has 1 aromatic heterocycles. The lowest BCUT2D eigenvalue weighted by molar-refractivity contribution is 0.0913. The van der Waals surface area contributed by atoms with Gasteiger partial charge < -0.3 is 10.6 Å². The third-order valence-electron chi connectivity index (χ3n) is 2.48. The fourth-order valence-electron chi connectivity index (χ4n) is 1.64. The number of aromatic nitrogens is 2. The number of benzene rings is 1. The number of nitrogens with one attached hydrogen (secondary N) is 2. The van der Waals surface area contributed by atoms with Crippen LogP contribution < -0.4 is 10.6 Å². The van der Waals surface area contributed by atoms with Gasteiger partial charge in [0.2, 0.25) is 0 Å². The van der Waals surface area contributed by atoms with Crippen molar-refractivity contribution in [1.29, 1.82) is 0 Å². The van der Waals surface area contributed by atoms with Crippen LogP contribution in [0.2, 0.25) is 0 Å².